The fourth-order valence-electron chi connectivity index (χ4n) is 2.16. The van der Waals surface area contributed by atoms with E-state index in [4.69, 9.17) is 0 Å². The van der Waals surface area contributed by atoms with Crippen LogP contribution in [0.1, 0.15) is 32.2 Å². The van der Waals surface area contributed by atoms with Crippen molar-refractivity contribution in [1.29, 1.82) is 0 Å². The third-order valence-corrected chi connectivity index (χ3v) is 4.51. The molecule has 0 aliphatic carbocycles. The summed E-state index contributed by atoms with van der Waals surface area (Å²) in [5.41, 5.74) is 2.08. The van der Waals surface area contributed by atoms with Crippen molar-refractivity contribution in [2.45, 2.75) is 38.8 Å². The maximum Gasteiger partial charge on any atom is 0.234 e. The van der Waals surface area contributed by atoms with Crippen molar-refractivity contribution in [3.05, 3.63) is 35.7 Å². The van der Waals surface area contributed by atoms with E-state index in [2.05, 4.69) is 36.3 Å². The highest BCUT2D eigenvalue weighted by atomic mass is 32.2. The fourth-order valence-corrected chi connectivity index (χ4v) is 2.89. The molecule has 1 aromatic carbocycles. The van der Waals surface area contributed by atoms with E-state index in [0.717, 1.165) is 29.5 Å². The minimum atomic E-state index is -0.0346. The van der Waals surface area contributed by atoms with E-state index in [1.54, 1.807) is 0 Å². The highest BCUT2D eigenvalue weighted by molar-refractivity contribution is 7.99. The molecule has 1 aromatic heterocycles. The second-order valence-corrected chi connectivity index (χ2v) is 6.89. The van der Waals surface area contributed by atoms with Crippen LogP contribution in [0, 0.1) is 5.92 Å². The van der Waals surface area contributed by atoms with E-state index in [0.29, 0.717) is 11.7 Å². The average Bonchev–Trinajstić information content (AvgIpc) is 2.86. The van der Waals surface area contributed by atoms with Crippen LogP contribution in [-0.4, -0.2) is 26.4 Å². The van der Waals surface area contributed by atoms with Crippen molar-refractivity contribution in [2.75, 3.05) is 11.1 Å². The lowest BCUT2D eigenvalue weighted by Gasteiger charge is -2.07. The average molecular weight is 332 g/mol. The van der Waals surface area contributed by atoms with Crippen LogP contribution >= 0.6 is 11.8 Å². The van der Waals surface area contributed by atoms with E-state index in [9.17, 15) is 4.79 Å². The Bertz CT molecular complexity index is 649. The Labute approximate surface area is 141 Å². The van der Waals surface area contributed by atoms with Gasteiger partial charge in [0.1, 0.15) is 5.82 Å². The highest BCUT2D eigenvalue weighted by Gasteiger charge is 2.12. The number of carbonyl (C=O) groups is 1. The van der Waals surface area contributed by atoms with E-state index < -0.39 is 0 Å². The zero-order valence-corrected chi connectivity index (χ0v) is 15.0. The SMILES string of the molecule is CCc1ccc(NC(=O)CSc2nnc(CC(C)C)n2C)cc1. The van der Waals surface area contributed by atoms with Crippen LogP contribution in [0.3, 0.4) is 0 Å². The standard InChI is InChI=1S/C17H24N4OS/c1-5-13-6-8-14(9-7-13)18-16(22)11-23-17-20-19-15(21(17)4)10-12(2)3/h6-9,12H,5,10-11H2,1-4H3,(H,18,22). The van der Waals surface area contributed by atoms with Gasteiger partial charge in [0, 0.05) is 19.2 Å². The number of amides is 1. The quantitative estimate of drug-likeness (QED) is 0.790. The number of benzene rings is 1. The molecule has 0 fully saturated rings. The summed E-state index contributed by atoms with van der Waals surface area (Å²) >= 11 is 1.41. The van der Waals surface area contributed by atoms with Crippen molar-refractivity contribution >= 4 is 23.4 Å². The Morgan fingerprint density at radius 3 is 2.57 bits per heavy atom. The highest BCUT2D eigenvalue weighted by Crippen LogP contribution is 2.18. The van der Waals surface area contributed by atoms with Gasteiger partial charge in [0.05, 0.1) is 5.75 Å². The van der Waals surface area contributed by atoms with Crippen molar-refractivity contribution in [3.8, 4) is 0 Å². The summed E-state index contributed by atoms with van der Waals surface area (Å²) in [5.74, 6) is 1.78. The number of nitrogens with zero attached hydrogens (tertiary/aromatic N) is 3. The first-order valence-corrected chi connectivity index (χ1v) is 8.88. The molecule has 1 N–H and O–H groups in total. The third-order valence-electron chi connectivity index (χ3n) is 3.49. The number of nitrogens with one attached hydrogen (secondary N) is 1. The molecule has 2 rings (SSSR count). The minimum Gasteiger partial charge on any atom is -0.325 e. The van der Waals surface area contributed by atoms with E-state index in [1.165, 1.54) is 17.3 Å². The van der Waals surface area contributed by atoms with Gasteiger partial charge in [0.15, 0.2) is 5.16 Å². The van der Waals surface area contributed by atoms with E-state index in [-0.39, 0.29) is 5.91 Å². The lowest BCUT2D eigenvalue weighted by Crippen LogP contribution is -2.14. The Morgan fingerprint density at radius 2 is 1.96 bits per heavy atom. The lowest BCUT2D eigenvalue weighted by molar-refractivity contribution is -0.113. The molecule has 124 valence electrons. The van der Waals surface area contributed by atoms with Gasteiger partial charge in [-0.1, -0.05) is 44.7 Å². The maximum absolute atomic E-state index is 12.0. The van der Waals surface area contributed by atoms with Crippen LogP contribution in [0.2, 0.25) is 0 Å². The Hall–Kier alpha value is -1.82. The van der Waals surface area contributed by atoms with Crippen molar-refractivity contribution in [2.24, 2.45) is 13.0 Å². The largest absolute Gasteiger partial charge is 0.325 e. The monoisotopic (exact) mass is 332 g/mol. The summed E-state index contributed by atoms with van der Waals surface area (Å²) in [5, 5.41) is 12.0. The summed E-state index contributed by atoms with van der Waals surface area (Å²) in [6.45, 7) is 6.41. The zero-order valence-electron chi connectivity index (χ0n) is 14.2. The molecular weight excluding hydrogens is 308 g/mol. The third kappa shape index (κ3) is 5.10. The number of carbonyl (C=O) groups excluding carboxylic acids is 1. The second-order valence-electron chi connectivity index (χ2n) is 5.94. The molecule has 0 unspecified atom stereocenters. The molecule has 0 spiro atoms. The molecular formula is C17H24N4OS. The molecule has 2 aromatic rings. The smallest absolute Gasteiger partial charge is 0.234 e. The van der Waals surface area contributed by atoms with Gasteiger partial charge in [-0.25, -0.2) is 0 Å². The summed E-state index contributed by atoms with van der Waals surface area (Å²) in [6, 6.07) is 7.93. The topological polar surface area (TPSA) is 59.8 Å². The number of thioether (sulfide) groups is 1. The molecule has 6 heteroatoms. The fraction of sp³-hybridized carbons (Fsp3) is 0.471. The van der Waals surface area contributed by atoms with Crippen LogP contribution in [0.5, 0.6) is 0 Å². The predicted octanol–water partition coefficient (Wildman–Crippen LogP) is 3.31. The van der Waals surface area contributed by atoms with Gasteiger partial charge in [-0.15, -0.1) is 10.2 Å². The number of anilines is 1. The van der Waals surface area contributed by atoms with Crippen molar-refractivity contribution in [3.63, 3.8) is 0 Å². The van der Waals surface area contributed by atoms with Crippen LogP contribution in [-0.2, 0) is 24.7 Å². The number of rotatable bonds is 7. The molecule has 0 aliphatic rings. The summed E-state index contributed by atoms with van der Waals surface area (Å²) in [7, 11) is 1.95. The number of hydrogen-bond acceptors (Lipinski definition) is 4. The molecule has 0 saturated carbocycles. The molecule has 0 bridgehead atoms. The number of hydrogen-bond donors (Lipinski definition) is 1. The zero-order chi connectivity index (χ0) is 16.8. The molecule has 0 saturated heterocycles. The van der Waals surface area contributed by atoms with Crippen LogP contribution in [0.25, 0.3) is 0 Å². The van der Waals surface area contributed by atoms with Gasteiger partial charge in [0.2, 0.25) is 5.91 Å². The Morgan fingerprint density at radius 1 is 1.26 bits per heavy atom. The van der Waals surface area contributed by atoms with Gasteiger partial charge in [0.25, 0.3) is 0 Å². The van der Waals surface area contributed by atoms with Crippen molar-refractivity contribution < 1.29 is 4.79 Å². The molecule has 23 heavy (non-hydrogen) atoms. The van der Waals surface area contributed by atoms with Gasteiger partial charge < -0.3 is 9.88 Å². The number of aryl methyl sites for hydroxylation is 1. The molecule has 0 atom stereocenters. The lowest BCUT2D eigenvalue weighted by atomic mass is 10.1. The predicted molar refractivity (Wildman–Crippen MR) is 94.7 cm³/mol. The summed E-state index contributed by atoms with van der Waals surface area (Å²) < 4.78 is 1.97. The molecule has 0 radical (unpaired) electrons. The van der Waals surface area contributed by atoms with Gasteiger partial charge in [-0.3, -0.25) is 4.79 Å². The van der Waals surface area contributed by atoms with Crippen LogP contribution in [0.4, 0.5) is 5.69 Å². The first kappa shape index (κ1) is 17.5. The van der Waals surface area contributed by atoms with Crippen LogP contribution in [0.15, 0.2) is 29.4 Å². The van der Waals surface area contributed by atoms with Crippen LogP contribution < -0.4 is 5.32 Å². The molecule has 0 aliphatic heterocycles. The Kier molecular flexibility index (Phi) is 6.21. The van der Waals surface area contributed by atoms with E-state index >= 15 is 0 Å². The Balaban J connectivity index is 1.87. The molecule has 5 nitrogen and oxygen atoms in total. The van der Waals surface area contributed by atoms with Crippen molar-refractivity contribution in [1.82, 2.24) is 14.8 Å². The van der Waals surface area contributed by atoms with E-state index in [1.807, 2.05) is 35.9 Å². The van der Waals surface area contributed by atoms with Gasteiger partial charge >= 0.3 is 0 Å². The first-order valence-electron chi connectivity index (χ1n) is 7.89. The summed E-state index contributed by atoms with van der Waals surface area (Å²) in [6.07, 6.45) is 1.88. The molecule has 1 heterocycles. The maximum atomic E-state index is 12.0. The molecule has 1 amide bonds. The number of aromatic nitrogens is 3. The second kappa shape index (κ2) is 8.15. The van der Waals surface area contributed by atoms with Gasteiger partial charge in [-0.05, 0) is 30.0 Å². The minimum absolute atomic E-state index is 0.0346. The normalized spacial score (nSPS) is 11.0. The first-order chi connectivity index (χ1) is 11.0. The summed E-state index contributed by atoms with van der Waals surface area (Å²) in [4.78, 5) is 12.0. The van der Waals surface area contributed by atoms with Gasteiger partial charge in [-0.2, -0.15) is 0 Å².